The molecule has 0 aliphatic heterocycles. The number of anilines is 1. The Labute approximate surface area is 97.5 Å². The average Bonchev–Trinajstić information content (AvgIpc) is 2.28. The molecule has 16 heavy (non-hydrogen) atoms. The van der Waals surface area contributed by atoms with Crippen molar-refractivity contribution in [3.8, 4) is 5.88 Å². The highest BCUT2D eigenvalue weighted by molar-refractivity contribution is 5.36. The summed E-state index contributed by atoms with van der Waals surface area (Å²) >= 11 is 0. The molecule has 4 heteroatoms. The van der Waals surface area contributed by atoms with Crippen molar-refractivity contribution in [3.63, 3.8) is 0 Å². The van der Waals surface area contributed by atoms with Gasteiger partial charge in [0.15, 0.2) is 0 Å². The van der Waals surface area contributed by atoms with Gasteiger partial charge in [-0.05, 0) is 12.3 Å². The van der Waals surface area contributed by atoms with Gasteiger partial charge in [-0.25, -0.2) is 9.97 Å². The predicted molar refractivity (Wildman–Crippen MR) is 65.8 cm³/mol. The van der Waals surface area contributed by atoms with Gasteiger partial charge in [-0.1, -0.05) is 26.7 Å². The van der Waals surface area contributed by atoms with Crippen molar-refractivity contribution in [3.05, 3.63) is 12.4 Å². The Morgan fingerprint density at radius 2 is 2.12 bits per heavy atom. The summed E-state index contributed by atoms with van der Waals surface area (Å²) in [6, 6.07) is 1.81. The Morgan fingerprint density at radius 3 is 2.81 bits per heavy atom. The summed E-state index contributed by atoms with van der Waals surface area (Å²) in [6.45, 7) is 5.46. The number of aromatic nitrogens is 2. The molecule has 0 unspecified atom stereocenters. The Hall–Kier alpha value is -1.32. The second-order valence-corrected chi connectivity index (χ2v) is 4.26. The second kappa shape index (κ2) is 7.04. The maximum Gasteiger partial charge on any atom is 0.218 e. The number of unbranched alkanes of at least 4 members (excludes halogenated alkanes) is 1. The van der Waals surface area contributed by atoms with Crippen LogP contribution in [0.4, 0.5) is 5.82 Å². The first-order valence-electron chi connectivity index (χ1n) is 5.82. The Balaban J connectivity index is 2.21. The first-order chi connectivity index (χ1) is 7.72. The fraction of sp³-hybridized carbons (Fsp3) is 0.667. The minimum absolute atomic E-state index is 0.597. The van der Waals surface area contributed by atoms with Gasteiger partial charge in [-0.15, -0.1) is 0 Å². The standard InChI is InChI=1S/C12H21N3O/c1-10(2)6-4-5-7-13-11-8-12(16-3)15-9-14-11/h8-10H,4-7H2,1-3H3,(H,13,14,15). The molecular weight excluding hydrogens is 202 g/mol. The van der Waals surface area contributed by atoms with E-state index in [4.69, 9.17) is 4.74 Å². The predicted octanol–water partition coefficient (Wildman–Crippen LogP) is 2.72. The van der Waals surface area contributed by atoms with Crippen LogP contribution in [-0.2, 0) is 0 Å². The normalized spacial score (nSPS) is 10.5. The number of hydrogen-bond donors (Lipinski definition) is 1. The van der Waals surface area contributed by atoms with Crippen LogP contribution in [-0.4, -0.2) is 23.6 Å². The highest BCUT2D eigenvalue weighted by Crippen LogP contribution is 2.11. The van der Waals surface area contributed by atoms with Crippen molar-refractivity contribution in [2.24, 2.45) is 5.92 Å². The SMILES string of the molecule is COc1cc(NCCCCC(C)C)ncn1. The van der Waals surface area contributed by atoms with Crippen LogP contribution in [0.3, 0.4) is 0 Å². The molecule has 1 aromatic heterocycles. The molecule has 0 radical (unpaired) electrons. The highest BCUT2D eigenvalue weighted by atomic mass is 16.5. The smallest absolute Gasteiger partial charge is 0.218 e. The molecule has 0 aliphatic carbocycles. The molecular formula is C12H21N3O. The maximum atomic E-state index is 5.02. The zero-order valence-electron chi connectivity index (χ0n) is 10.4. The number of rotatable bonds is 7. The van der Waals surface area contributed by atoms with Gasteiger partial charge in [0.2, 0.25) is 5.88 Å². The van der Waals surface area contributed by atoms with E-state index in [9.17, 15) is 0 Å². The first kappa shape index (κ1) is 12.7. The number of methoxy groups -OCH3 is 1. The summed E-state index contributed by atoms with van der Waals surface area (Å²) < 4.78 is 5.02. The van der Waals surface area contributed by atoms with Crippen molar-refractivity contribution in [2.75, 3.05) is 19.0 Å². The number of nitrogens with zero attached hydrogens (tertiary/aromatic N) is 2. The summed E-state index contributed by atoms with van der Waals surface area (Å²) in [4.78, 5) is 8.07. The lowest BCUT2D eigenvalue weighted by molar-refractivity contribution is 0.397. The van der Waals surface area contributed by atoms with Crippen molar-refractivity contribution in [1.29, 1.82) is 0 Å². The molecule has 1 rings (SSSR count). The zero-order chi connectivity index (χ0) is 11.8. The largest absolute Gasteiger partial charge is 0.481 e. The van der Waals surface area contributed by atoms with Crippen LogP contribution in [0.25, 0.3) is 0 Å². The lowest BCUT2D eigenvalue weighted by Gasteiger charge is -2.07. The monoisotopic (exact) mass is 223 g/mol. The minimum Gasteiger partial charge on any atom is -0.481 e. The summed E-state index contributed by atoms with van der Waals surface area (Å²) in [5.74, 6) is 2.22. The van der Waals surface area contributed by atoms with E-state index in [0.717, 1.165) is 18.3 Å². The van der Waals surface area contributed by atoms with Gasteiger partial charge < -0.3 is 10.1 Å². The third-order valence-corrected chi connectivity index (χ3v) is 2.37. The Morgan fingerprint density at radius 1 is 1.31 bits per heavy atom. The van der Waals surface area contributed by atoms with Crippen LogP contribution in [0.1, 0.15) is 33.1 Å². The molecule has 0 bridgehead atoms. The van der Waals surface area contributed by atoms with Crippen LogP contribution < -0.4 is 10.1 Å². The zero-order valence-corrected chi connectivity index (χ0v) is 10.4. The van der Waals surface area contributed by atoms with Gasteiger partial charge in [0.25, 0.3) is 0 Å². The van der Waals surface area contributed by atoms with Crippen LogP contribution >= 0.6 is 0 Å². The van der Waals surface area contributed by atoms with E-state index in [1.807, 2.05) is 6.07 Å². The fourth-order valence-corrected chi connectivity index (χ4v) is 1.44. The molecule has 0 aliphatic rings. The molecule has 1 heterocycles. The van der Waals surface area contributed by atoms with Gasteiger partial charge in [0.1, 0.15) is 12.1 Å². The van der Waals surface area contributed by atoms with Gasteiger partial charge in [0, 0.05) is 12.6 Å². The van der Waals surface area contributed by atoms with Crippen LogP contribution in [0.15, 0.2) is 12.4 Å². The van der Waals surface area contributed by atoms with E-state index < -0.39 is 0 Å². The van der Waals surface area contributed by atoms with E-state index in [1.54, 1.807) is 7.11 Å². The first-order valence-corrected chi connectivity index (χ1v) is 5.82. The molecule has 1 aromatic rings. The highest BCUT2D eigenvalue weighted by Gasteiger charge is 1.98. The summed E-state index contributed by atoms with van der Waals surface area (Å²) in [5.41, 5.74) is 0. The Kier molecular flexibility index (Phi) is 5.61. The van der Waals surface area contributed by atoms with E-state index in [-0.39, 0.29) is 0 Å². The molecule has 0 saturated heterocycles. The molecule has 0 atom stereocenters. The van der Waals surface area contributed by atoms with E-state index in [2.05, 4.69) is 29.1 Å². The lowest BCUT2D eigenvalue weighted by Crippen LogP contribution is -2.04. The van der Waals surface area contributed by atoms with Crippen LogP contribution in [0.2, 0.25) is 0 Å². The quantitative estimate of drug-likeness (QED) is 0.722. The third kappa shape index (κ3) is 4.96. The molecule has 90 valence electrons. The van der Waals surface area contributed by atoms with Crippen LogP contribution in [0.5, 0.6) is 5.88 Å². The van der Waals surface area contributed by atoms with E-state index >= 15 is 0 Å². The summed E-state index contributed by atoms with van der Waals surface area (Å²) in [5, 5.41) is 3.26. The van der Waals surface area contributed by atoms with E-state index in [1.165, 1.54) is 25.6 Å². The van der Waals surface area contributed by atoms with Gasteiger partial charge >= 0.3 is 0 Å². The second-order valence-electron chi connectivity index (χ2n) is 4.26. The fourth-order valence-electron chi connectivity index (χ4n) is 1.44. The van der Waals surface area contributed by atoms with Crippen molar-refractivity contribution in [1.82, 2.24) is 9.97 Å². The molecule has 0 amide bonds. The van der Waals surface area contributed by atoms with Gasteiger partial charge in [-0.2, -0.15) is 0 Å². The average molecular weight is 223 g/mol. The van der Waals surface area contributed by atoms with E-state index in [0.29, 0.717) is 5.88 Å². The molecule has 0 aromatic carbocycles. The molecule has 0 saturated carbocycles. The van der Waals surface area contributed by atoms with Crippen LogP contribution in [0, 0.1) is 5.92 Å². The molecule has 0 fully saturated rings. The lowest BCUT2D eigenvalue weighted by atomic mass is 10.1. The van der Waals surface area contributed by atoms with Gasteiger partial charge in [-0.3, -0.25) is 0 Å². The summed E-state index contributed by atoms with van der Waals surface area (Å²) in [6.07, 6.45) is 5.22. The summed E-state index contributed by atoms with van der Waals surface area (Å²) in [7, 11) is 1.61. The number of ether oxygens (including phenoxy) is 1. The number of hydrogen-bond acceptors (Lipinski definition) is 4. The topological polar surface area (TPSA) is 47.0 Å². The van der Waals surface area contributed by atoms with Gasteiger partial charge in [0.05, 0.1) is 7.11 Å². The molecule has 0 spiro atoms. The number of nitrogens with one attached hydrogen (secondary N) is 1. The third-order valence-electron chi connectivity index (χ3n) is 2.37. The molecule has 1 N–H and O–H groups in total. The minimum atomic E-state index is 0.597. The Bertz CT molecular complexity index is 302. The maximum absolute atomic E-state index is 5.02. The van der Waals surface area contributed by atoms with Crippen molar-refractivity contribution < 1.29 is 4.74 Å². The van der Waals surface area contributed by atoms with Crippen molar-refractivity contribution in [2.45, 2.75) is 33.1 Å². The molecule has 4 nitrogen and oxygen atoms in total. The van der Waals surface area contributed by atoms with Crippen molar-refractivity contribution >= 4 is 5.82 Å².